The minimum Gasteiger partial charge on any atom is -0.149 e. The van der Waals surface area contributed by atoms with Crippen LogP contribution in [-0.2, 0) is 0 Å². The first-order valence-corrected chi connectivity index (χ1v) is 6.32. The molecule has 1 heterocycles. The molecular weight excluding hydrogens is 200 g/mol. The fourth-order valence-corrected chi connectivity index (χ4v) is 3.10. The van der Waals surface area contributed by atoms with Gasteiger partial charge in [-0.1, -0.05) is 35.9 Å². The smallest absolute Gasteiger partial charge is 0.00825 e. The molecule has 1 fully saturated rings. The number of aryl methyl sites for hydroxylation is 1. The summed E-state index contributed by atoms with van der Waals surface area (Å²) in [5.41, 5.74) is 2.87. The van der Waals surface area contributed by atoms with Crippen molar-refractivity contribution in [3.8, 4) is 0 Å². The Morgan fingerprint density at radius 3 is 2.53 bits per heavy atom. The Balaban J connectivity index is 1.79. The monoisotopic (exact) mass is 214 g/mol. The van der Waals surface area contributed by atoms with Gasteiger partial charge in [-0.05, 0) is 36.3 Å². The molecule has 1 saturated carbocycles. The van der Waals surface area contributed by atoms with E-state index >= 15 is 0 Å². The van der Waals surface area contributed by atoms with Crippen LogP contribution >= 0.6 is 11.3 Å². The van der Waals surface area contributed by atoms with Gasteiger partial charge in [-0.2, -0.15) is 0 Å². The molecule has 1 aromatic carbocycles. The lowest BCUT2D eigenvalue weighted by atomic mass is 10.1. The molecule has 0 amide bonds. The lowest BCUT2D eigenvalue weighted by molar-refractivity contribution is 1.05. The maximum absolute atomic E-state index is 2.29. The third-order valence-electron chi connectivity index (χ3n) is 3.20. The average Bonchev–Trinajstić information content (AvgIpc) is 2.87. The number of benzene rings is 1. The zero-order valence-electron chi connectivity index (χ0n) is 8.81. The van der Waals surface area contributed by atoms with Gasteiger partial charge in [-0.3, -0.25) is 0 Å². The van der Waals surface area contributed by atoms with Crippen molar-refractivity contribution in [2.75, 3.05) is 0 Å². The molecule has 0 N–H and O–H groups in total. The van der Waals surface area contributed by atoms with Gasteiger partial charge in [0.15, 0.2) is 0 Å². The van der Waals surface area contributed by atoms with Crippen LogP contribution in [0.25, 0.3) is 0 Å². The number of thiophene rings is 1. The molecule has 1 heteroatoms. The third kappa shape index (κ3) is 1.72. The van der Waals surface area contributed by atoms with Crippen molar-refractivity contribution in [3.05, 3.63) is 57.8 Å². The minimum atomic E-state index is 0.782. The third-order valence-corrected chi connectivity index (χ3v) is 4.21. The van der Waals surface area contributed by atoms with Crippen LogP contribution in [-0.4, -0.2) is 0 Å². The highest BCUT2D eigenvalue weighted by atomic mass is 32.1. The molecule has 15 heavy (non-hydrogen) atoms. The van der Waals surface area contributed by atoms with Crippen LogP contribution in [0.4, 0.5) is 0 Å². The van der Waals surface area contributed by atoms with Crippen molar-refractivity contribution in [2.45, 2.75) is 25.2 Å². The van der Waals surface area contributed by atoms with Crippen LogP contribution in [0.2, 0.25) is 0 Å². The van der Waals surface area contributed by atoms with Crippen LogP contribution in [0.3, 0.4) is 0 Å². The van der Waals surface area contributed by atoms with Gasteiger partial charge in [0.05, 0.1) is 0 Å². The number of rotatable bonds is 2. The highest BCUT2D eigenvalue weighted by molar-refractivity contribution is 7.10. The van der Waals surface area contributed by atoms with Crippen molar-refractivity contribution in [1.29, 1.82) is 0 Å². The van der Waals surface area contributed by atoms with Gasteiger partial charge in [-0.15, -0.1) is 11.3 Å². The van der Waals surface area contributed by atoms with Crippen molar-refractivity contribution < 1.29 is 0 Å². The molecule has 1 aliphatic carbocycles. The van der Waals surface area contributed by atoms with E-state index in [0.29, 0.717) is 0 Å². The molecule has 0 aliphatic heterocycles. The van der Waals surface area contributed by atoms with E-state index in [4.69, 9.17) is 0 Å². The summed E-state index contributed by atoms with van der Waals surface area (Å²) in [6.45, 7) is 2.15. The minimum absolute atomic E-state index is 0.782. The maximum atomic E-state index is 2.29. The first-order valence-electron chi connectivity index (χ1n) is 5.44. The molecule has 2 aromatic rings. The van der Waals surface area contributed by atoms with Crippen LogP contribution < -0.4 is 0 Å². The summed E-state index contributed by atoms with van der Waals surface area (Å²) in [6.07, 6.45) is 1.34. The van der Waals surface area contributed by atoms with E-state index in [1.165, 1.54) is 17.5 Å². The van der Waals surface area contributed by atoms with E-state index in [-0.39, 0.29) is 0 Å². The Morgan fingerprint density at radius 1 is 1.07 bits per heavy atom. The molecule has 0 spiro atoms. The van der Waals surface area contributed by atoms with Crippen LogP contribution in [0.15, 0.2) is 41.8 Å². The standard InChI is InChI=1S/C14H14S/c1-10-4-6-11(7-5-10)12-9-13(12)14-3-2-8-15-14/h2-8,12-13H,9H2,1H3. The maximum Gasteiger partial charge on any atom is 0.00825 e. The van der Waals surface area contributed by atoms with Crippen molar-refractivity contribution in [3.63, 3.8) is 0 Å². The molecule has 2 atom stereocenters. The van der Waals surface area contributed by atoms with Gasteiger partial charge in [0, 0.05) is 10.8 Å². The summed E-state index contributed by atoms with van der Waals surface area (Å²) >= 11 is 1.90. The Bertz CT molecular complexity index is 439. The summed E-state index contributed by atoms with van der Waals surface area (Å²) in [6, 6.07) is 13.4. The van der Waals surface area contributed by atoms with E-state index < -0.39 is 0 Å². The number of hydrogen-bond donors (Lipinski definition) is 0. The summed E-state index contributed by atoms with van der Waals surface area (Å²) in [5, 5.41) is 2.18. The molecule has 3 rings (SSSR count). The molecule has 0 radical (unpaired) electrons. The fourth-order valence-electron chi connectivity index (χ4n) is 2.19. The highest BCUT2D eigenvalue weighted by Gasteiger charge is 2.39. The van der Waals surface area contributed by atoms with Gasteiger partial charge in [0.1, 0.15) is 0 Å². The molecule has 1 aromatic heterocycles. The van der Waals surface area contributed by atoms with Crippen molar-refractivity contribution in [1.82, 2.24) is 0 Å². The zero-order chi connectivity index (χ0) is 10.3. The van der Waals surface area contributed by atoms with Gasteiger partial charge in [-0.25, -0.2) is 0 Å². The Hall–Kier alpha value is -1.08. The molecule has 2 unspecified atom stereocenters. The van der Waals surface area contributed by atoms with E-state index in [0.717, 1.165) is 11.8 Å². The summed E-state index contributed by atoms with van der Waals surface area (Å²) < 4.78 is 0. The molecule has 0 saturated heterocycles. The second-order valence-electron chi connectivity index (χ2n) is 4.37. The Kier molecular flexibility index (Phi) is 2.14. The molecule has 76 valence electrons. The quantitative estimate of drug-likeness (QED) is 0.698. The predicted molar refractivity (Wildman–Crippen MR) is 65.6 cm³/mol. The summed E-state index contributed by atoms with van der Waals surface area (Å²) in [7, 11) is 0. The van der Waals surface area contributed by atoms with Gasteiger partial charge >= 0.3 is 0 Å². The van der Waals surface area contributed by atoms with Crippen LogP contribution in [0, 0.1) is 6.92 Å². The highest BCUT2D eigenvalue weighted by Crippen LogP contribution is 2.55. The Labute approximate surface area is 94.6 Å². The first kappa shape index (κ1) is 9.17. The molecule has 0 bridgehead atoms. The first-order chi connectivity index (χ1) is 7.34. The Morgan fingerprint density at radius 2 is 1.87 bits per heavy atom. The molecule has 0 nitrogen and oxygen atoms in total. The van der Waals surface area contributed by atoms with Gasteiger partial charge in [0.2, 0.25) is 0 Å². The van der Waals surface area contributed by atoms with Crippen LogP contribution in [0.1, 0.15) is 34.3 Å². The van der Waals surface area contributed by atoms with Gasteiger partial charge in [0.25, 0.3) is 0 Å². The van der Waals surface area contributed by atoms with Crippen molar-refractivity contribution >= 4 is 11.3 Å². The summed E-state index contributed by atoms with van der Waals surface area (Å²) in [4.78, 5) is 1.56. The normalized spacial score (nSPS) is 24.1. The van der Waals surface area contributed by atoms with E-state index in [2.05, 4.69) is 48.7 Å². The van der Waals surface area contributed by atoms with E-state index in [9.17, 15) is 0 Å². The van der Waals surface area contributed by atoms with E-state index in [1.807, 2.05) is 11.3 Å². The molecule has 1 aliphatic rings. The lowest BCUT2D eigenvalue weighted by Crippen LogP contribution is -1.82. The van der Waals surface area contributed by atoms with Gasteiger partial charge < -0.3 is 0 Å². The fraction of sp³-hybridized carbons (Fsp3) is 0.286. The predicted octanol–water partition coefficient (Wildman–Crippen LogP) is 4.33. The van der Waals surface area contributed by atoms with Crippen molar-refractivity contribution in [2.24, 2.45) is 0 Å². The topological polar surface area (TPSA) is 0 Å². The lowest BCUT2D eigenvalue weighted by Gasteiger charge is -1.99. The molecular formula is C14H14S. The largest absolute Gasteiger partial charge is 0.149 e. The number of hydrogen-bond acceptors (Lipinski definition) is 1. The average molecular weight is 214 g/mol. The zero-order valence-corrected chi connectivity index (χ0v) is 9.63. The second kappa shape index (κ2) is 3.49. The SMILES string of the molecule is Cc1ccc(C2CC2c2cccs2)cc1. The second-order valence-corrected chi connectivity index (χ2v) is 5.35. The summed E-state index contributed by atoms with van der Waals surface area (Å²) in [5.74, 6) is 1.58. The van der Waals surface area contributed by atoms with Crippen LogP contribution in [0.5, 0.6) is 0 Å². The van der Waals surface area contributed by atoms with E-state index in [1.54, 1.807) is 4.88 Å².